The van der Waals surface area contributed by atoms with Crippen LogP contribution < -0.4 is 14.8 Å². The van der Waals surface area contributed by atoms with Crippen LogP contribution in [0.25, 0.3) is 5.69 Å². The highest BCUT2D eigenvalue weighted by Gasteiger charge is 2.33. The largest absolute Gasteiger partial charge is 0.493 e. The van der Waals surface area contributed by atoms with E-state index in [0.29, 0.717) is 23.7 Å². The second-order valence-corrected chi connectivity index (χ2v) is 8.01. The maximum Gasteiger partial charge on any atom is 0.322 e. The third-order valence-corrected chi connectivity index (χ3v) is 6.05. The standard InChI is InChI=1S/C27H24FN3O3/c1-33-24-14-13-21(16-25(24)34-2)29-27(32)31-17-19-6-3-4-7-22(19)30-15-5-8-23(30)26(31)18-9-11-20(28)12-10-18/h3-16,26H,17H2,1-2H3,(H,29,32)/t26-/m1/s1. The van der Waals surface area contributed by atoms with E-state index in [4.69, 9.17) is 9.47 Å². The van der Waals surface area contributed by atoms with E-state index in [1.165, 1.54) is 12.1 Å². The topological polar surface area (TPSA) is 55.7 Å². The summed E-state index contributed by atoms with van der Waals surface area (Å²) in [5.41, 5.74) is 4.33. The van der Waals surface area contributed by atoms with E-state index in [2.05, 4.69) is 9.88 Å². The molecule has 0 bridgehead atoms. The molecule has 1 N–H and O–H groups in total. The minimum absolute atomic E-state index is 0.286. The monoisotopic (exact) mass is 457 g/mol. The minimum Gasteiger partial charge on any atom is -0.493 e. The Bertz CT molecular complexity index is 1330. The first-order valence-electron chi connectivity index (χ1n) is 10.9. The minimum atomic E-state index is -0.428. The molecule has 2 amide bonds. The Balaban J connectivity index is 1.58. The molecule has 0 unspecified atom stereocenters. The van der Waals surface area contributed by atoms with Crippen molar-refractivity contribution in [1.82, 2.24) is 9.47 Å². The van der Waals surface area contributed by atoms with E-state index in [9.17, 15) is 9.18 Å². The van der Waals surface area contributed by atoms with Crippen LogP contribution in [-0.4, -0.2) is 29.7 Å². The average Bonchev–Trinajstić information content (AvgIpc) is 3.29. The Morgan fingerprint density at radius 1 is 0.941 bits per heavy atom. The first-order chi connectivity index (χ1) is 16.6. The van der Waals surface area contributed by atoms with E-state index in [1.54, 1.807) is 49.5 Å². The van der Waals surface area contributed by atoms with Crippen molar-refractivity contribution in [2.45, 2.75) is 12.6 Å². The summed E-state index contributed by atoms with van der Waals surface area (Å²) in [6.07, 6.45) is 1.99. The molecule has 0 aliphatic carbocycles. The van der Waals surface area contributed by atoms with Crippen LogP contribution in [0.15, 0.2) is 85.1 Å². The van der Waals surface area contributed by atoms with Gasteiger partial charge < -0.3 is 24.3 Å². The van der Waals surface area contributed by atoms with Gasteiger partial charge in [-0.1, -0.05) is 30.3 Å². The highest BCUT2D eigenvalue weighted by atomic mass is 19.1. The highest BCUT2D eigenvalue weighted by Crippen LogP contribution is 2.37. The normalized spacial score (nSPS) is 14.6. The number of hydrogen-bond donors (Lipinski definition) is 1. The van der Waals surface area contributed by atoms with Crippen LogP contribution in [-0.2, 0) is 6.54 Å². The number of urea groups is 1. The summed E-state index contributed by atoms with van der Waals surface area (Å²) in [5, 5.41) is 3.00. The number of carbonyl (C=O) groups excluding carboxylic acids is 1. The molecule has 1 aliphatic rings. The molecule has 34 heavy (non-hydrogen) atoms. The van der Waals surface area contributed by atoms with Gasteiger partial charge in [-0.05, 0) is 53.6 Å². The quantitative estimate of drug-likeness (QED) is 0.423. The maximum atomic E-state index is 13.7. The molecule has 5 rings (SSSR count). The van der Waals surface area contributed by atoms with Crippen molar-refractivity contribution in [2.75, 3.05) is 19.5 Å². The number of aromatic nitrogens is 1. The summed E-state index contributed by atoms with van der Waals surface area (Å²) in [6, 6.07) is 22.8. The summed E-state index contributed by atoms with van der Waals surface area (Å²) in [4.78, 5) is 15.5. The lowest BCUT2D eigenvalue weighted by atomic mass is 10.0. The van der Waals surface area contributed by atoms with Crippen LogP contribution in [0.4, 0.5) is 14.9 Å². The van der Waals surface area contributed by atoms with Crippen LogP contribution in [0, 0.1) is 5.82 Å². The van der Waals surface area contributed by atoms with Crippen molar-refractivity contribution in [2.24, 2.45) is 0 Å². The number of fused-ring (bicyclic) bond motifs is 3. The van der Waals surface area contributed by atoms with Gasteiger partial charge in [-0.3, -0.25) is 0 Å². The van der Waals surface area contributed by atoms with Gasteiger partial charge in [-0.15, -0.1) is 0 Å². The number of benzene rings is 3. The van der Waals surface area contributed by atoms with Crippen molar-refractivity contribution in [3.05, 3.63) is 108 Å². The van der Waals surface area contributed by atoms with Crippen LogP contribution >= 0.6 is 0 Å². The molecule has 0 spiro atoms. The molecule has 0 radical (unpaired) electrons. The first-order valence-corrected chi connectivity index (χ1v) is 10.9. The SMILES string of the molecule is COc1ccc(NC(=O)N2Cc3ccccc3-n3cccc3[C@H]2c2ccc(F)cc2)cc1OC. The summed E-state index contributed by atoms with van der Waals surface area (Å²) in [5.74, 6) is 0.772. The van der Waals surface area contributed by atoms with E-state index >= 15 is 0 Å². The molecule has 4 aromatic rings. The average molecular weight is 458 g/mol. The lowest BCUT2D eigenvalue weighted by molar-refractivity contribution is 0.194. The van der Waals surface area contributed by atoms with Gasteiger partial charge in [0.25, 0.3) is 0 Å². The smallest absolute Gasteiger partial charge is 0.322 e. The first kappa shape index (κ1) is 21.6. The molecule has 0 saturated heterocycles. The molecule has 6 nitrogen and oxygen atoms in total. The van der Waals surface area contributed by atoms with Gasteiger partial charge in [0, 0.05) is 23.6 Å². The number of amides is 2. The summed E-state index contributed by atoms with van der Waals surface area (Å²) in [7, 11) is 3.11. The Kier molecular flexibility index (Phi) is 5.67. The number of halogens is 1. The molecular formula is C27H24FN3O3. The number of anilines is 1. The predicted molar refractivity (Wildman–Crippen MR) is 128 cm³/mol. The number of methoxy groups -OCH3 is 2. The number of nitrogens with zero attached hydrogens (tertiary/aromatic N) is 2. The van der Waals surface area contributed by atoms with Crippen molar-refractivity contribution < 1.29 is 18.7 Å². The van der Waals surface area contributed by atoms with Crippen molar-refractivity contribution in [1.29, 1.82) is 0 Å². The van der Waals surface area contributed by atoms with Crippen LogP contribution in [0.2, 0.25) is 0 Å². The molecule has 0 fully saturated rings. The van der Waals surface area contributed by atoms with Gasteiger partial charge in [0.2, 0.25) is 0 Å². The van der Waals surface area contributed by atoms with Gasteiger partial charge in [0.15, 0.2) is 11.5 Å². The molecule has 7 heteroatoms. The van der Waals surface area contributed by atoms with Crippen LogP contribution in [0.3, 0.4) is 0 Å². The lowest BCUT2D eigenvalue weighted by Gasteiger charge is -2.31. The van der Waals surface area contributed by atoms with E-state index < -0.39 is 6.04 Å². The lowest BCUT2D eigenvalue weighted by Crippen LogP contribution is -2.37. The molecule has 1 aliphatic heterocycles. The van der Waals surface area contributed by atoms with E-state index in [1.807, 2.05) is 42.6 Å². The van der Waals surface area contributed by atoms with Crippen LogP contribution in [0.5, 0.6) is 11.5 Å². The summed E-state index contributed by atoms with van der Waals surface area (Å²) in [6.45, 7) is 0.374. The molecular weight excluding hydrogens is 433 g/mol. The van der Waals surface area contributed by atoms with Crippen LogP contribution in [0.1, 0.15) is 22.9 Å². The van der Waals surface area contributed by atoms with Gasteiger partial charge in [-0.25, -0.2) is 9.18 Å². The number of rotatable bonds is 4. The Morgan fingerprint density at radius 3 is 2.47 bits per heavy atom. The zero-order valence-electron chi connectivity index (χ0n) is 18.9. The van der Waals surface area contributed by atoms with E-state index in [-0.39, 0.29) is 11.8 Å². The second kappa shape index (κ2) is 8.94. The summed E-state index contributed by atoms with van der Waals surface area (Å²) < 4.78 is 26.5. The number of hydrogen-bond acceptors (Lipinski definition) is 3. The summed E-state index contributed by atoms with van der Waals surface area (Å²) >= 11 is 0. The Labute approximate surface area is 197 Å². The number of para-hydroxylation sites is 1. The van der Waals surface area contributed by atoms with Crippen molar-refractivity contribution in [3.8, 4) is 17.2 Å². The Morgan fingerprint density at radius 2 is 1.71 bits per heavy atom. The van der Waals surface area contributed by atoms with Gasteiger partial charge in [-0.2, -0.15) is 0 Å². The highest BCUT2D eigenvalue weighted by molar-refractivity contribution is 5.90. The third-order valence-electron chi connectivity index (χ3n) is 6.05. The zero-order valence-corrected chi connectivity index (χ0v) is 18.9. The van der Waals surface area contributed by atoms with Gasteiger partial charge >= 0.3 is 6.03 Å². The fraction of sp³-hybridized carbons (Fsp3) is 0.148. The molecule has 1 aromatic heterocycles. The predicted octanol–water partition coefficient (Wildman–Crippen LogP) is 5.77. The van der Waals surface area contributed by atoms with Gasteiger partial charge in [0.1, 0.15) is 5.82 Å². The molecule has 172 valence electrons. The molecule has 0 saturated carbocycles. The second-order valence-electron chi connectivity index (χ2n) is 8.01. The zero-order chi connectivity index (χ0) is 23.7. The van der Waals surface area contributed by atoms with E-state index in [0.717, 1.165) is 22.5 Å². The number of ether oxygens (including phenoxy) is 2. The van der Waals surface area contributed by atoms with Crippen molar-refractivity contribution >= 4 is 11.7 Å². The van der Waals surface area contributed by atoms with Crippen molar-refractivity contribution in [3.63, 3.8) is 0 Å². The molecule has 2 heterocycles. The van der Waals surface area contributed by atoms with Gasteiger partial charge in [0.05, 0.1) is 32.5 Å². The Hall–Kier alpha value is -4.26. The maximum absolute atomic E-state index is 13.7. The fourth-order valence-corrected chi connectivity index (χ4v) is 4.44. The third kappa shape index (κ3) is 3.85. The number of carbonyl (C=O) groups is 1. The number of nitrogens with one attached hydrogen (secondary N) is 1. The molecule has 3 aromatic carbocycles. The molecule has 1 atom stereocenters. The fourth-order valence-electron chi connectivity index (χ4n) is 4.44.